The maximum Gasteiger partial charge on any atom is 0.312 e. The Kier molecular flexibility index (Phi) is 31.5. The Labute approximate surface area is 872 Å². The van der Waals surface area contributed by atoms with E-state index in [-0.39, 0.29) is 97.8 Å². The van der Waals surface area contributed by atoms with E-state index in [0.717, 1.165) is 205 Å². The van der Waals surface area contributed by atoms with E-state index < -0.39 is 44.4 Å². The highest BCUT2D eigenvalue weighted by Gasteiger charge is 2.63. The zero-order chi connectivity index (χ0) is 102. The van der Waals surface area contributed by atoms with Gasteiger partial charge in [-0.05, 0) is 451 Å². The SMILES string of the molecule is C.CC(C)c1cc2c(cc1Sc1cc3c(cc1C(C)C)CCC1C(C)(C(=O)Cl)CCCC31C)C1(C)CCCC(C)(C(=O)Cl)C1CC2.CC(C)c1cc2c(cc1Sc1cc3c(cc1C(C)C)CCC1C(C)(C(=O)O)CCCC31C)C1(C)CCCC(C)(C(=O)O)C1CC2.CCCCOC(=O)C1(C)CCCC2(C)c3cc(Sc4cc5c(cc4C(C)C)CCC4C(C)(C(=O)OC)CCCC54C)c(C(C)C)cc3CCC12. The van der Waals surface area contributed by atoms with Gasteiger partial charge >= 0.3 is 23.9 Å². The molecule has 18 unspecified atom stereocenters. The molecule has 0 amide bonds. The topological polar surface area (TPSA) is 161 Å². The summed E-state index contributed by atoms with van der Waals surface area (Å²) in [5.41, 5.74) is 22.0. The van der Waals surface area contributed by atoms with E-state index >= 15 is 0 Å². The van der Waals surface area contributed by atoms with Crippen molar-refractivity contribution in [3.05, 3.63) is 173 Å². The molecular weight excluding hydrogens is 1840 g/mol. The van der Waals surface area contributed by atoms with E-state index in [1.807, 2.05) is 49.1 Å². The summed E-state index contributed by atoms with van der Waals surface area (Å²) >= 11 is 18.5. The number of fused-ring (bicyclic) bond motifs is 18. The highest BCUT2D eigenvalue weighted by molar-refractivity contribution is 8.00. The van der Waals surface area contributed by atoms with Crippen LogP contribution >= 0.6 is 58.5 Å². The lowest BCUT2D eigenvalue weighted by Gasteiger charge is -2.54. The van der Waals surface area contributed by atoms with Crippen LogP contribution in [-0.4, -0.2) is 58.3 Å². The summed E-state index contributed by atoms with van der Waals surface area (Å²) < 4.78 is 11.4. The monoisotopic (exact) mass is 2010 g/mol. The average molecular weight is 2020 g/mol. The molecule has 0 aromatic heterocycles. The molecule has 12 aliphatic rings. The standard InChI is InChI=1S/C45H64O4S.C40H52Cl2O2S.C40H54O4S.CH4/c1-11-12-23-49-41(47)45(9)22-14-20-43(7)35-27-37(33(29(4)5)25-31(35)16-18-39(43)45)50-36-26-34-30(24-32(36)28(2)3)15-17-38-42(34,6)19-13-21-44(38,8)40(46)48-10;1-23(2)27-19-25-11-13-33-37(5,15-9-17-39(33,7)35(41)43)29(25)21-31(27)45-32-22-30-26(20-28(32)24(3)4)12-14-34-38(30,6)16-10-18-40(34,8)36(42)44;1-23(2)27-19-25-11-13-33-37(5,15-9-17-39(33,7)35(41)42)29(25)21-31(27)45-32-22-30-26(20-28(32)24(3)4)12-14-34-38(30,6)16-10-18-40(34,8)36(43)44;/h24-29,38-39H,11-23H2,1-10H3;19-24,33-34H,9-18H2,1-8H3;19-24,33-34H,9-18H2,1-8H3,(H,41,42)(H,43,44);1H4. The predicted octanol–water partition coefficient (Wildman–Crippen LogP) is 34.2. The number of benzene rings is 6. The number of methoxy groups -OCH3 is 1. The molecule has 770 valence electrons. The van der Waals surface area contributed by atoms with Gasteiger partial charge in [-0.3, -0.25) is 28.8 Å². The third kappa shape index (κ3) is 18.6. The lowest BCUT2D eigenvalue weighted by molar-refractivity contribution is -0.165. The molecule has 0 aliphatic heterocycles. The Morgan fingerprint density at radius 1 is 0.312 bits per heavy atom. The van der Waals surface area contributed by atoms with Crippen molar-refractivity contribution < 1.29 is 48.5 Å². The molecule has 12 aliphatic carbocycles. The lowest BCUT2D eigenvalue weighted by Crippen LogP contribution is -2.53. The Hall–Kier alpha value is -5.83. The lowest BCUT2D eigenvalue weighted by atomic mass is 9.49. The van der Waals surface area contributed by atoms with Crippen LogP contribution in [0.4, 0.5) is 0 Å². The normalized spacial score (nSPS) is 33.0. The van der Waals surface area contributed by atoms with Gasteiger partial charge in [0.05, 0.1) is 35.4 Å². The van der Waals surface area contributed by atoms with Crippen molar-refractivity contribution in [2.75, 3.05) is 13.7 Å². The third-order valence-corrected chi connectivity index (χ3v) is 45.3. The van der Waals surface area contributed by atoms with Gasteiger partial charge in [0.25, 0.3) is 0 Å². The highest BCUT2D eigenvalue weighted by atomic mass is 35.5. The van der Waals surface area contributed by atoms with Crippen LogP contribution < -0.4 is 0 Å². The van der Waals surface area contributed by atoms with Crippen LogP contribution in [0.1, 0.15) is 483 Å². The van der Waals surface area contributed by atoms with Crippen LogP contribution in [0.3, 0.4) is 0 Å². The number of carboxylic acid groups (broad SMARTS) is 2. The summed E-state index contributed by atoms with van der Waals surface area (Å²) in [6.07, 6.45) is 31.6. The number of carbonyl (C=O) groups is 6. The van der Waals surface area contributed by atoms with Gasteiger partial charge in [0.15, 0.2) is 0 Å². The molecule has 18 rings (SSSR count). The minimum atomic E-state index is -0.686. The molecule has 0 spiro atoms. The zero-order valence-electron chi connectivity index (χ0n) is 90.3. The molecule has 0 radical (unpaired) electrons. The molecule has 2 N–H and O–H groups in total. The Morgan fingerprint density at radius 2 is 0.504 bits per heavy atom. The van der Waals surface area contributed by atoms with Gasteiger partial charge in [-0.15, -0.1) is 0 Å². The van der Waals surface area contributed by atoms with Gasteiger partial charge in [0.1, 0.15) is 0 Å². The van der Waals surface area contributed by atoms with Crippen molar-refractivity contribution in [2.24, 2.45) is 68.0 Å². The second-order valence-electron chi connectivity index (χ2n) is 51.3. The quantitative estimate of drug-likeness (QED) is 0.0398. The van der Waals surface area contributed by atoms with E-state index in [1.165, 1.54) is 130 Å². The van der Waals surface area contributed by atoms with E-state index in [4.69, 9.17) is 32.7 Å². The van der Waals surface area contributed by atoms with E-state index in [0.29, 0.717) is 42.1 Å². The fourth-order valence-electron chi connectivity index (χ4n) is 32.9. The smallest absolute Gasteiger partial charge is 0.312 e. The Bertz CT molecular complexity index is 5360. The van der Waals surface area contributed by atoms with Crippen LogP contribution in [0.25, 0.3) is 0 Å². The summed E-state index contributed by atoms with van der Waals surface area (Å²) in [7, 11) is 1.56. The fraction of sp³-hybridized carbons (Fsp3) is 0.667. The molecule has 6 aromatic carbocycles. The number of hydrogen-bond donors (Lipinski definition) is 2. The number of unbranched alkanes of at least 4 members (excludes halogenated alkanes) is 1. The summed E-state index contributed by atoms with van der Waals surface area (Å²) in [4.78, 5) is 86.0. The number of rotatable bonds is 21. The fourth-order valence-corrected chi connectivity index (χ4v) is 37.6. The summed E-state index contributed by atoms with van der Waals surface area (Å²) in [6, 6.07) is 30.0. The summed E-state index contributed by atoms with van der Waals surface area (Å²) in [5, 5.41) is 20.4. The summed E-state index contributed by atoms with van der Waals surface area (Å²) in [5.74, 6) is 2.38. The molecule has 18 atom stereocenters. The minimum Gasteiger partial charge on any atom is -0.481 e. The molecule has 6 aromatic rings. The average Bonchev–Trinajstić information content (AvgIpc) is 0.704. The van der Waals surface area contributed by atoms with Gasteiger partial charge in [0, 0.05) is 40.2 Å². The molecule has 141 heavy (non-hydrogen) atoms. The summed E-state index contributed by atoms with van der Waals surface area (Å²) in [6.45, 7) is 57.5. The Balaban J connectivity index is 0.000000159. The number of carboxylic acids is 2. The van der Waals surface area contributed by atoms with Crippen LogP contribution in [0.2, 0.25) is 0 Å². The predicted molar refractivity (Wildman–Crippen MR) is 584 cm³/mol. The van der Waals surface area contributed by atoms with Crippen LogP contribution in [0, 0.1) is 68.0 Å². The van der Waals surface area contributed by atoms with Gasteiger partial charge in [-0.2, -0.15) is 0 Å². The Morgan fingerprint density at radius 3 is 0.695 bits per heavy atom. The van der Waals surface area contributed by atoms with Crippen molar-refractivity contribution in [3.8, 4) is 0 Å². The number of hydrogen-bond acceptors (Lipinski definition) is 11. The number of ether oxygens (including phenoxy) is 2. The number of carbonyl (C=O) groups excluding carboxylic acids is 4. The van der Waals surface area contributed by atoms with Gasteiger partial charge in [-0.1, -0.05) is 269 Å². The van der Waals surface area contributed by atoms with E-state index in [9.17, 15) is 39.0 Å². The molecule has 0 bridgehead atoms. The first-order valence-electron chi connectivity index (χ1n) is 55.0. The molecule has 10 nitrogen and oxygen atoms in total. The number of aryl methyl sites for hydroxylation is 6. The third-order valence-electron chi connectivity index (χ3n) is 41.0. The van der Waals surface area contributed by atoms with Gasteiger partial charge in [-0.25, -0.2) is 0 Å². The molecule has 0 saturated heterocycles. The molecule has 6 saturated carbocycles. The van der Waals surface area contributed by atoms with Crippen molar-refractivity contribution in [3.63, 3.8) is 0 Å². The maximum absolute atomic E-state index is 13.7. The number of halogens is 2. The van der Waals surface area contributed by atoms with Crippen LogP contribution in [0.5, 0.6) is 0 Å². The van der Waals surface area contributed by atoms with Crippen LogP contribution in [0.15, 0.2) is 102 Å². The molecule has 15 heteroatoms. The second-order valence-corrected chi connectivity index (χ2v) is 55.3. The maximum atomic E-state index is 13.7. The van der Waals surface area contributed by atoms with E-state index in [2.05, 4.69) is 232 Å². The van der Waals surface area contributed by atoms with Gasteiger partial charge in [0.2, 0.25) is 10.5 Å². The first-order chi connectivity index (χ1) is 65.7. The first kappa shape index (κ1) is 109. The van der Waals surface area contributed by atoms with E-state index in [1.54, 1.807) is 7.11 Å². The molecule has 0 heterocycles. The van der Waals surface area contributed by atoms with Crippen molar-refractivity contribution in [1.29, 1.82) is 0 Å². The molecule has 6 fully saturated rings. The van der Waals surface area contributed by atoms with Gasteiger partial charge < -0.3 is 19.7 Å². The first-order valence-corrected chi connectivity index (χ1v) is 58.2. The van der Waals surface area contributed by atoms with Crippen molar-refractivity contribution >= 4 is 92.8 Å². The largest absolute Gasteiger partial charge is 0.481 e. The highest BCUT2D eigenvalue weighted by Crippen LogP contribution is 2.68. The van der Waals surface area contributed by atoms with Crippen molar-refractivity contribution in [1.82, 2.24) is 0 Å². The number of aliphatic carboxylic acids is 2. The van der Waals surface area contributed by atoms with Crippen molar-refractivity contribution in [2.45, 2.75) is 483 Å². The molecular formula is C126H174Cl2O10S3. The number of esters is 2. The second kappa shape index (κ2) is 40.6. The zero-order valence-corrected chi connectivity index (χ0v) is 94.3. The minimum absolute atomic E-state index is 0. The van der Waals surface area contributed by atoms with Crippen LogP contribution in [-0.2, 0) is 109 Å².